The molecule has 0 spiro atoms. The predicted octanol–water partition coefficient (Wildman–Crippen LogP) is 4.95. The Hall–Kier alpha value is -2.09. The molecule has 3 aromatic rings. The molecule has 0 saturated heterocycles. The van der Waals surface area contributed by atoms with Gasteiger partial charge in [-0.1, -0.05) is 41.2 Å². The molecule has 0 unspecified atom stereocenters. The van der Waals surface area contributed by atoms with Crippen molar-refractivity contribution in [2.75, 3.05) is 12.4 Å². The highest BCUT2D eigenvalue weighted by atomic mass is 32.1. The molecule has 2 aromatic carbocycles. The van der Waals surface area contributed by atoms with Crippen LogP contribution in [0.15, 0.2) is 48.5 Å². The van der Waals surface area contributed by atoms with Gasteiger partial charge in [0, 0.05) is 12.2 Å². The average Bonchev–Trinajstić information content (AvgIpc) is 2.89. The summed E-state index contributed by atoms with van der Waals surface area (Å²) in [4.78, 5) is 2.04. The number of anilines is 2. The van der Waals surface area contributed by atoms with E-state index < -0.39 is 0 Å². The smallest absolute Gasteiger partial charge is 0.209 e. The lowest BCUT2D eigenvalue weighted by molar-refractivity contribution is 0.245. The highest BCUT2D eigenvalue weighted by Crippen LogP contribution is 2.21. The second-order valence-electron chi connectivity index (χ2n) is 5.95. The zero-order valence-corrected chi connectivity index (χ0v) is 15.7. The largest absolute Gasteiger partial charge is 0.330 e. The molecular formula is C18H19FN4S2. The number of benzene rings is 2. The van der Waals surface area contributed by atoms with Crippen molar-refractivity contribution in [2.24, 2.45) is 0 Å². The fraction of sp³-hybridized carbons (Fsp3) is 0.222. The van der Waals surface area contributed by atoms with Gasteiger partial charge in [0.1, 0.15) is 5.82 Å². The average molecular weight is 375 g/mol. The number of nitrogens with one attached hydrogen (secondary N) is 1. The number of hydrogen-bond donors (Lipinski definition) is 1. The van der Waals surface area contributed by atoms with Gasteiger partial charge in [0.25, 0.3) is 0 Å². The minimum atomic E-state index is -0.222. The molecule has 0 aliphatic carbocycles. The molecule has 25 heavy (non-hydrogen) atoms. The maximum atomic E-state index is 13.3. The molecule has 0 radical (unpaired) electrons. The van der Waals surface area contributed by atoms with E-state index in [1.54, 1.807) is 16.8 Å². The van der Waals surface area contributed by atoms with Crippen LogP contribution in [-0.4, -0.2) is 21.7 Å². The highest BCUT2D eigenvalue weighted by molar-refractivity contribution is 7.73. The van der Waals surface area contributed by atoms with Crippen LogP contribution in [-0.2, 0) is 13.2 Å². The molecule has 0 bridgehead atoms. The number of halogens is 1. The first-order valence-electron chi connectivity index (χ1n) is 7.84. The van der Waals surface area contributed by atoms with Gasteiger partial charge in [-0.2, -0.15) is 0 Å². The minimum Gasteiger partial charge on any atom is -0.330 e. The number of nitrogens with zero attached hydrogens (tertiary/aromatic N) is 3. The first-order chi connectivity index (χ1) is 12.0. The van der Waals surface area contributed by atoms with Crippen LogP contribution in [0.3, 0.4) is 0 Å². The molecule has 7 heteroatoms. The van der Waals surface area contributed by atoms with Gasteiger partial charge < -0.3 is 5.32 Å². The summed E-state index contributed by atoms with van der Waals surface area (Å²) in [6, 6.07) is 14.7. The summed E-state index contributed by atoms with van der Waals surface area (Å²) in [7, 11) is 1.96. The van der Waals surface area contributed by atoms with E-state index in [0.717, 1.165) is 16.4 Å². The van der Waals surface area contributed by atoms with E-state index in [9.17, 15) is 4.39 Å². The van der Waals surface area contributed by atoms with Gasteiger partial charge in [-0.25, -0.2) is 9.07 Å². The maximum Gasteiger partial charge on any atom is 0.209 e. The first-order valence-corrected chi connectivity index (χ1v) is 9.07. The van der Waals surface area contributed by atoms with Crippen molar-refractivity contribution in [3.8, 4) is 0 Å². The highest BCUT2D eigenvalue weighted by Gasteiger charge is 2.08. The Morgan fingerprint density at radius 3 is 2.72 bits per heavy atom. The molecule has 1 heterocycles. The van der Waals surface area contributed by atoms with Crippen molar-refractivity contribution in [2.45, 2.75) is 20.1 Å². The third kappa shape index (κ3) is 4.94. The van der Waals surface area contributed by atoms with E-state index in [1.807, 2.05) is 42.3 Å². The van der Waals surface area contributed by atoms with Crippen LogP contribution >= 0.6 is 23.6 Å². The Labute approximate surface area is 155 Å². The summed E-state index contributed by atoms with van der Waals surface area (Å²) in [5.74, 6) is -0.222. The van der Waals surface area contributed by atoms with Gasteiger partial charge in [-0.15, -0.1) is 5.10 Å². The molecule has 0 saturated carbocycles. The molecule has 4 nitrogen and oxygen atoms in total. The van der Waals surface area contributed by atoms with E-state index in [2.05, 4.69) is 17.3 Å². The van der Waals surface area contributed by atoms with Gasteiger partial charge in [0.05, 0.1) is 6.67 Å². The summed E-state index contributed by atoms with van der Waals surface area (Å²) in [5, 5.41) is 8.56. The molecule has 0 aliphatic rings. The Morgan fingerprint density at radius 2 is 2.00 bits per heavy atom. The van der Waals surface area contributed by atoms with Crippen LogP contribution in [0.2, 0.25) is 0 Å². The first kappa shape index (κ1) is 17.7. The van der Waals surface area contributed by atoms with Gasteiger partial charge in [0.2, 0.25) is 5.13 Å². The van der Waals surface area contributed by atoms with Crippen molar-refractivity contribution in [1.29, 1.82) is 0 Å². The van der Waals surface area contributed by atoms with Crippen LogP contribution in [0.25, 0.3) is 0 Å². The minimum absolute atomic E-state index is 0.222. The normalized spacial score (nSPS) is 11.0. The Morgan fingerprint density at radius 1 is 1.24 bits per heavy atom. The third-order valence-electron chi connectivity index (χ3n) is 3.63. The third-order valence-corrected chi connectivity index (χ3v) is 4.85. The molecule has 3 rings (SSSR count). The standard InChI is InChI=1S/C18H19FN4S2/c1-13-6-8-16(9-7-13)20-17-21-23(18(24)25-17)12-22(2)11-14-4-3-5-15(19)10-14/h3-10H,11-12H2,1-2H3,(H,20,21). The lowest BCUT2D eigenvalue weighted by Gasteiger charge is -2.16. The number of hydrogen-bond acceptors (Lipinski definition) is 5. The summed E-state index contributed by atoms with van der Waals surface area (Å²) in [5.41, 5.74) is 3.11. The fourth-order valence-electron chi connectivity index (χ4n) is 2.43. The van der Waals surface area contributed by atoms with Gasteiger partial charge in [-0.3, -0.25) is 4.90 Å². The van der Waals surface area contributed by atoms with Crippen LogP contribution < -0.4 is 5.32 Å². The second kappa shape index (κ2) is 7.86. The van der Waals surface area contributed by atoms with Crippen LogP contribution in [0.5, 0.6) is 0 Å². The number of aryl methyl sites for hydroxylation is 1. The topological polar surface area (TPSA) is 33.1 Å². The lowest BCUT2D eigenvalue weighted by atomic mass is 10.2. The quantitative estimate of drug-likeness (QED) is 0.619. The summed E-state index contributed by atoms with van der Waals surface area (Å²) in [6.07, 6.45) is 0. The van der Waals surface area contributed by atoms with Crippen molar-refractivity contribution in [3.05, 3.63) is 69.4 Å². The molecule has 0 amide bonds. The monoisotopic (exact) mass is 374 g/mol. The molecule has 0 atom stereocenters. The lowest BCUT2D eigenvalue weighted by Crippen LogP contribution is -2.22. The number of aromatic nitrogens is 2. The maximum absolute atomic E-state index is 13.3. The SMILES string of the molecule is Cc1ccc(Nc2nn(CN(C)Cc3cccc(F)c3)c(=S)s2)cc1. The molecule has 1 N–H and O–H groups in total. The van der Waals surface area contributed by atoms with E-state index in [1.165, 1.54) is 23.0 Å². The van der Waals surface area contributed by atoms with Gasteiger partial charge in [0.15, 0.2) is 3.95 Å². The zero-order chi connectivity index (χ0) is 17.8. The van der Waals surface area contributed by atoms with Gasteiger partial charge >= 0.3 is 0 Å². The zero-order valence-electron chi connectivity index (χ0n) is 14.1. The molecule has 130 valence electrons. The van der Waals surface area contributed by atoms with Crippen LogP contribution in [0.4, 0.5) is 15.2 Å². The van der Waals surface area contributed by atoms with Crippen LogP contribution in [0.1, 0.15) is 11.1 Å². The van der Waals surface area contributed by atoms with Crippen molar-refractivity contribution in [3.63, 3.8) is 0 Å². The summed E-state index contributed by atoms with van der Waals surface area (Å²) in [6.45, 7) is 3.22. The number of rotatable bonds is 6. The molecule has 0 fully saturated rings. The van der Waals surface area contributed by atoms with Gasteiger partial charge in [-0.05, 0) is 56.0 Å². The Balaban J connectivity index is 1.65. The molecule has 1 aromatic heterocycles. The summed E-state index contributed by atoms with van der Waals surface area (Å²) >= 11 is 6.84. The van der Waals surface area contributed by atoms with E-state index in [4.69, 9.17) is 12.2 Å². The van der Waals surface area contributed by atoms with Crippen molar-refractivity contribution < 1.29 is 4.39 Å². The van der Waals surface area contributed by atoms with E-state index >= 15 is 0 Å². The Kier molecular flexibility index (Phi) is 5.57. The van der Waals surface area contributed by atoms with E-state index in [0.29, 0.717) is 17.2 Å². The van der Waals surface area contributed by atoms with Crippen molar-refractivity contribution in [1.82, 2.24) is 14.7 Å². The predicted molar refractivity (Wildman–Crippen MR) is 103 cm³/mol. The molecule has 0 aliphatic heterocycles. The van der Waals surface area contributed by atoms with Crippen LogP contribution in [0, 0.1) is 16.7 Å². The van der Waals surface area contributed by atoms with E-state index in [-0.39, 0.29) is 5.82 Å². The fourth-order valence-corrected chi connectivity index (χ4v) is 3.45. The van der Waals surface area contributed by atoms with Crippen molar-refractivity contribution >= 4 is 34.4 Å². The molecular weight excluding hydrogens is 355 g/mol. The summed E-state index contributed by atoms with van der Waals surface area (Å²) < 4.78 is 15.8. The second-order valence-corrected chi connectivity index (χ2v) is 7.57. The Bertz CT molecular complexity index is 902.